The van der Waals surface area contributed by atoms with Crippen LogP contribution in [0.15, 0.2) is 12.4 Å². The van der Waals surface area contributed by atoms with Crippen LogP contribution in [-0.4, -0.2) is 29.1 Å². The Labute approximate surface area is 324 Å². The molecule has 0 aliphatic carbocycles. The minimum absolute atomic E-state index is 0.636. The van der Waals surface area contributed by atoms with Crippen molar-refractivity contribution in [2.45, 2.75) is 290 Å². The molecule has 0 aromatic carbocycles. The molecule has 0 fully saturated rings. The highest BCUT2D eigenvalue weighted by Crippen LogP contribution is 2.24. The van der Waals surface area contributed by atoms with Gasteiger partial charge in [-0.15, -0.1) is 0 Å². The van der Waals surface area contributed by atoms with Crippen LogP contribution in [0.3, 0.4) is 0 Å². The van der Waals surface area contributed by atoms with E-state index in [-0.39, 0.29) is 0 Å². The second-order valence-electron chi connectivity index (χ2n) is 17.1. The summed E-state index contributed by atoms with van der Waals surface area (Å²) >= 11 is 0. The number of nitrogens with zero attached hydrogens (tertiary/aromatic N) is 2. The number of hydrogen-bond donors (Lipinski definition) is 0. The van der Waals surface area contributed by atoms with Crippen molar-refractivity contribution >= 4 is 0 Å². The van der Waals surface area contributed by atoms with Gasteiger partial charge in [0.1, 0.15) is 6.17 Å². The van der Waals surface area contributed by atoms with Crippen molar-refractivity contribution in [3.63, 3.8) is 0 Å². The van der Waals surface area contributed by atoms with E-state index >= 15 is 0 Å². The summed E-state index contributed by atoms with van der Waals surface area (Å²) < 4.78 is 0. The maximum atomic E-state index is 2.74. The second-order valence-corrected chi connectivity index (χ2v) is 17.1. The fourth-order valence-electron chi connectivity index (χ4n) is 8.48. The zero-order chi connectivity index (χ0) is 36.6. The predicted octanol–water partition coefficient (Wildman–Crippen LogP) is 17.5. The van der Waals surface area contributed by atoms with Gasteiger partial charge in [-0.2, -0.15) is 0 Å². The van der Waals surface area contributed by atoms with Crippen LogP contribution < -0.4 is 0 Å². The highest BCUT2D eigenvalue weighted by atomic mass is 15.4. The summed E-state index contributed by atoms with van der Waals surface area (Å²) in [6.45, 7) is 9.49. The fourth-order valence-corrected chi connectivity index (χ4v) is 8.48. The molecule has 0 spiro atoms. The molecule has 0 aromatic heterocycles. The van der Waals surface area contributed by atoms with Crippen molar-refractivity contribution in [2.24, 2.45) is 0 Å². The Morgan fingerprint density at radius 3 is 0.686 bits per heavy atom. The Bertz CT molecular complexity index is 673. The van der Waals surface area contributed by atoms with E-state index in [4.69, 9.17) is 0 Å². The predicted molar refractivity (Wildman–Crippen MR) is 233 cm³/mol. The lowest BCUT2D eigenvalue weighted by molar-refractivity contribution is 0.135. The van der Waals surface area contributed by atoms with Crippen LogP contribution in [0, 0.1) is 0 Å². The topological polar surface area (TPSA) is 6.48 Å². The number of unbranched alkanes of at least 4 members (excludes halogenated alkanes) is 37. The van der Waals surface area contributed by atoms with Crippen molar-refractivity contribution in [1.82, 2.24) is 9.80 Å². The Hall–Kier alpha value is -0.660. The Morgan fingerprint density at radius 1 is 0.255 bits per heavy atom. The second kappa shape index (κ2) is 40.5. The van der Waals surface area contributed by atoms with Gasteiger partial charge in [-0.1, -0.05) is 258 Å². The third-order valence-electron chi connectivity index (χ3n) is 12.1. The van der Waals surface area contributed by atoms with E-state index in [0.29, 0.717) is 6.17 Å². The first kappa shape index (κ1) is 48.4. The van der Waals surface area contributed by atoms with Crippen LogP contribution in [0.5, 0.6) is 0 Å². The molecule has 0 bridgehead atoms. The average Bonchev–Trinajstić information content (AvgIpc) is 3.53. The summed E-state index contributed by atoms with van der Waals surface area (Å²) in [5.74, 6) is 0. The molecule has 0 saturated heterocycles. The molecule has 51 heavy (non-hydrogen) atoms. The standard InChI is InChI=1S/C49H98N2/c1-4-7-10-13-16-19-22-24-26-28-31-34-37-40-43-46-51-48-47-50(45-42-39-36-33-30-21-18-15-12-9-6-3)49(51)44-41-38-35-32-29-27-25-23-20-17-14-11-8-5-2/h47-49H,4-46H2,1-3H3. The van der Waals surface area contributed by atoms with E-state index in [9.17, 15) is 0 Å². The van der Waals surface area contributed by atoms with Gasteiger partial charge in [0.2, 0.25) is 0 Å². The first-order chi connectivity index (χ1) is 25.3. The largest absolute Gasteiger partial charge is 0.356 e. The van der Waals surface area contributed by atoms with Crippen LogP contribution in [0.1, 0.15) is 284 Å². The monoisotopic (exact) mass is 715 g/mol. The Morgan fingerprint density at radius 2 is 0.451 bits per heavy atom. The minimum Gasteiger partial charge on any atom is -0.356 e. The lowest BCUT2D eigenvalue weighted by Crippen LogP contribution is -2.39. The van der Waals surface area contributed by atoms with E-state index in [1.807, 2.05) is 0 Å². The molecule has 1 atom stereocenters. The van der Waals surface area contributed by atoms with Crippen LogP contribution in [-0.2, 0) is 0 Å². The number of hydrogen-bond acceptors (Lipinski definition) is 2. The van der Waals surface area contributed by atoms with Gasteiger partial charge in [-0.3, -0.25) is 0 Å². The zero-order valence-corrected chi connectivity index (χ0v) is 36.0. The molecule has 0 amide bonds. The van der Waals surface area contributed by atoms with E-state index in [0.717, 1.165) is 0 Å². The SMILES string of the molecule is CCCCCCCCCCCCCCCCCN1C=CN(CCCCCCCCCCCCC)C1CCCCCCCCCCCCCCCC. The lowest BCUT2D eigenvalue weighted by atomic mass is 10.0. The molecule has 0 aromatic rings. The summed E-state index contributed by atoms with van der Waals surface area (Å²) in [6.07, 6.45) is 64.9. The summed E-state index contributed by atoms with van der Waals surface area (Å²) in [6, 6.07) is 0. The summed E-state index contributed by atoms with van der Waals surface area (Å²) in [5.41, 5.74) is 0. The molecule has 1 rings (SSSR count). The van der Waals surface area contributed by atoms with E-state index in [1.165, 1.54) is 276 Å². The van der Waals surface area contributed by atoms with Crippen LogP contribution in [0.2, 0.25) is 0 Å². The highest BCUT2D eigenvalue weighted by molar-refractivity contribution is 4.97. The Kier molecular flexibility index (Phi) is 38.4. The smallest absolute Gasteiger partial charge is 0.101 e. The van der Waals surface area contributed by atoms with Gasteiger partial charge < -0.3 is 9.80 Å². The molecule has 2 heteroatoms. The lowest BCUT2D eigenvalue weighted by Gasteiger charge is -2.33. The molecule has 0 N–H and O–H groups in total. The minimum atomic E-state index is 0.636. The highest BCUT2D eigenvalue weighted by Gasteiger charge is 2.24. The summed E-state index contributed by atoms with van der Waals surface area (Å²) in [4.78, 5) is 5.48. The van der Waals surface area contributed by atoms with Crippen LogP contribution in [0.25, 0.3) is 0 Å². The normalized spacial score (nSPS) is 14.5. The Balaban J connectivity index is 2.20. The molecule has 304 valence electrons. The molecule has 2 nitrogen and oxygen atoms in total. The maximum absolute atomic E-state index is 2.74. The van der Waals surface area contributed by atoms with Crippen molar-refractivity contribution in [2.75, 3.05) is 13.1 Å². The van der Waals surface area contributed by atoms with Gasteiger partial charge in [-0.05, 0) is 25.7 Å². The first-order valence-electron chi connectivity index (χ1n) is 24.5. The van der Waals surface area contributed by atoms with E-state index in [2.05, 4.69) is 43.0 Å². The zero-order valence-electron chi connectivity index (χ0n) is 36.0. The fraction of sp³-hybridized carbons (Fsp3) is 0.959. The first-order valence-corrected chi connectivity index (χ1v) is 24.5. The van der Waals surface area contributed by atoms with Crippen LogP contribution in [0.4, 0.5) is 0 Å². The van der Waals surface area contributed by atoms with Gasteiger partial charge in [0.05, 0.1) is 0 Å². The molecule has 1 aliphatic heterocycles. The van der Waals surface area contributed by atoms with Crippen molar-refractivity contribution in [1.29, 1.82) is 0 Å². The summed E-state index contributed by atoms with van der Waals surface area (Å²) in [5, 5.41) is 0. The molecule has 0 radical (unpaired) electrons. The van der Waals surface area contributed by atoms with Crippen molar-refractivity contribution < 1.29 is 0 Å². The van der Waals surface area contributed by atoms with Crippen LogP contribution >= 0.6 is 0 Å². The van der Waals surface area contributed by atoms with Gasteiger partial charge in [0, 0.05) is 25.5 Å². The van der Waals surface area contributed by atoms with E-state index < -0.39 is 0 Å². The quantitative estimate of drug-likeness (QED) is 0.0580. The van der Waals surface area contributed by atoms with Gasteiger partial charge in [0.15, 0.2) is 0 Å². The third-order valence-corrected chi connectivity index (χ3v) is 12.1. The molecular weight excluding hydrogens is 617 g/mol. The molecular formula is C49H98N2. The molecule has 0 saturated carbocycles. The van der Waals surface area contributed by atoms with Gasteiger partial charge in [0.25, 0.3) is 0 Å². The molecule has 1 unspecified atom stereocenters. The summed E-state index contributed by atoms with van der Waals surface area (Å²) in [7, 11) is 0. The van der Waals surface area contributed by atoms with Gasteiger partial charge >= 0.3 is 0 Å². The molecule has 1 heterocycles. The molecule has 1 aliphatic rings. The number of rotatable bonds is 43. The van der Waals surface area contributed by atoms with Crippen molar-refractivity contribution in [3.05, 3.63) is 12.4 Å². The van der Waals surface area contributed by atoms with E-state index in [1.54, 1.807) is 0 Å². The third kappa shape index (κ3) is 32.5. The van der Waals surface area contributed by atoms with Crippen molar-refractivity contribution in [3.8, 4) is 0 Å². The van der Waals surface area contributed by atoms with Gasteiger partial charge in [-0.25, -0.2) is 0 Å². The average molecular weight is 715 g/mol. The maximum Gasteiger partial charge on any atom is 0.101 e.